The van der Waals surface area contributed by atoms with Gasteiger partial charge in [0.25, 0.3) is 0 Å². The number of esters is 2. The Bertz CT molecular complexity index is 347. The molecule has 0 aromatic heterocycles. The van der Waals surface area contributed by atoms with E-state index in [2.05, 4.69) is 28.4 Å². The number of hydrogen-bond acceptors (Lipinski definition) is 6. The van der Waals surface area contributed by atoms with Crippen LogP contribution in [0.25, 0.3) is 0 Å². The number of nitrogens with zero attached hydrogens (tertiary/aromatic N) is 2. The lowest BCUT2D eigenvalue weighted by Crippen LogP contribution is -2.49. The molecule has 1 heterocycles. The van der Waals surface area contributed by atoms with E-state index in [1.165, 1.54) is 7.11 Å². The summed E-state index contributed by atoms with van der Waals surface area (Å²) in [6.07, 6.45) is 2.15. The van der Waals surface area contributed by atoms with E-state index in [0.29, 0.717) is 12.6 Å². The molecule has 1 aliphatic rings. The molecule has 0 aromatic rings. The Balaban J connectivity index is 2.14. The minimum Gasteiger partial charge on any atom is -0.466 e. The Morgan fingerprint density at radius 3 is 2.25 bits per heavy atom. The van der Waals surface area contributed by atoms with Crippen LogP contribution in [-0.2, 0) is 19.1 Å². The largest absolute Gasteiger partial charge is 0.466 e. The van der Waals surface area contributed by atoms with Crippen LogP contribution < -0.4 is 0 Å². The molecule has 0 bridgehead atoms. The lowest BCUT2D eigenvalue weighted by Gasteiger charge is -2.36. The van der Waals surface area contributed by atoms with E-state index in [1.807, 2.05) is 0 Å². The van der Waals surface area contributed by atoms with Crippen molar-refractivity contribution in [2.75, 3.05) is 46.4 Å². The van der Waals surface area contributed by atoms with Gasteiger partial charge in [-0.25, -0.2) is 9.59 Å². The Labute approximate surface area is 120 Å². The van der Waals surface area contributed by atoms with Gasteiger partial charge in [-0.3, -0.25) is 9.80 Å². The number of ether oxygens (including phenoxy) is 2. The maximum atomic E-state index is 11.3. The Morgan fingerprint density at radius 1 is 1.10 bits per heavy atom. The summed E-state index contributed by atoms with van der Waals surface area (Å²) in [6, 6.07) is 0.582. The molecule has 1 fully saturated rings. The van der Waals surface area contributed by atoms with Crippen LogP contribution in [0.5, 0.6) is 0 Å². The molecule has 1 rings (SSSR count). The maximum Gasteiger partial charge on any atom is 0.331 e. The highest BCUT2D eigenvalue weighted by atomic mass is 16.5. The zero-order valence-electron chi connectivity index (χ0n) is 12.5. The van der Waals surface area contributed by atoms with E-state index >= 15 is 0 Å². The number of methoxy groups -OCH3 is 1. The second kappa shape index (κ2) is 8.71. The molecular weight excluding hydrogens is 260 g/mol. The van der Waals surface area contributed by atoms with Crippen LogP contribution in [0.4, 0.5) is 0 Å². The van der Waals surface area contributed by atoms with Crippen molar-refractivity contribution in [3.8, 4) is 0 Å². The summed E-state index contributed by atoms with van der Waals surface area (Å²) in [6.45, 7) is 9.55. The summed E-state index contributed by atoms with van der Waals surface area (Å²) in [7, 11) is 1.26. The fraction of sp³-hybridized carbons (Fsp3) is 0.714. The van der Waals surface area contributed by atoms with Crippen LogP contribution in [0.1, 0.15) is 13.8 Å². The molecule has 6 nitrogen and oxygen atoms in total. The minimum absolute atomic E-state index is 0.339. The van der Waals surface area contributed by atoms with E-state index in [-0.39, 0.29) is 0 Å². The van der Waals surface area contributed by atoms with Crippen LogP contribution in [0, 0.1) is 0 Å². The highest BCUT2D eigenvalue weighted by Crippen LogP contribution is 2.05. The zero-order chi connectivity index (χ0) is 15.0. The number of piperazine rings is 1. The normalized spacial score (nSPS) is 17.6. The molecule has 114 valence electrons. The van der Waals surface area contributed by atoms with Crippen LogP contribution in [0.15, 0.2) is 12.2 Å². The molecule has 1 aliphatic heterocycles. The molecule has 0 unspecified atom stereocenters. The molecule has 0 aliphatic carbocycles. The van der Waals surface area contributed by atoms with Crippen molar-refractivity contribution in [3.63, 3.8) is 0 Å². The van der Waals surface area contributed by atoms with Crippen molar-refractivity contribution >= 4 is 11.9 Å². The van der Waals surface area contributed by atoms with Gasteiger partial charge in [-0.2, -0.15) is 0 Å². The van der Waals surface area contributed by atoms with Crippen molar-refractivity contribution in [3.05, 3.63) is 12.2 Å². The van der Waals surface area contributed by atoms with Crippen LogP contribution in [-0.4, -0.2) is 74.2 Å². The quantitative estimate of drug-likeness (QED) is 0.516. The van der Waals surface area contributed by atoms with Crippen LogP contribution >= 0.6 is 0 Å². The van der Waals surface area contributed by atoms with E-state index in [1.54, 1.807) is 0 Å². The summed E-state index contributed by atoms with van der Waals surface area (Å²) in [5, 5.41) is 0. The minimum atomic E-state index is -0.563. The summed E-state index contributed by atoms with van der Waals surface area (Å²) >= 11 is 0. The van der Waals surface area contributed by atoms with Gasteiger partial charge in [0, 0.05) is 50.9 Å². The third kappa shape index (κ3) is 6.16. The average molecular weight is 284 g/mol. The Kier molecular flexibility index (Phi) is 7.25. The SMILES string of the molecule is COC(=O)C=CC(=O)OCCN1CCN(C(C)C)CC1. The molecule has 0 spiro atoms. The topological polar surface area (TPSA) is 59.1 Å². The highest BCUT2D eigenvalue weighted by Gasteiger charge is 2.18. The van der Waals surface area contributed by atoms with Crippen LogP contribution in [0.3, 0.4) is 0 Å². The van der Waals surface area contributed by atoms with Crippen molar-refractivity contribution in [2.24, 2.45) is 0 Å². The lowest BCUT2D eigenvalue weighted by atomic mass is 10.2. The molecule has 0 amide bonds. The standard InChI is InChI=1S/C14H24N2O4/c1-12(2)16-8-6-15(7-9-16)10-11-20-14(18)5-4-13(17)19-3/h4-5,12H,6-11H2,1-3H3. The molecule has 0 saturated carbocycles. The molecule has 0 radical (unpaired) electrons. The predicted molar refractivity (Wildman–Crippen MR) is 75.3 cm³/mol. The first kappa shape index (κ1) is 16.7. The average Bonchev–Trinajstić information content (AvgIpc) is 2.45. The predicted octanol–water partition coefficient (Wildman–Crippen LogP) is 0.285. The fourth-order valence-electron chi connectivity index (χ4n) is 2.03. The van der Waals surface area contributed by atoms with Gasteiger partial charge in [-0.05, 0) is 13.8 Å². The Morgan fingerprint density at radius 2 is 1.70 bits per heavy atom. The van der Waals surface area contributed by atoms with E-state index in [0.717, 1.165) is 44.9 Å². The van der Waals surface area contributed by atoms with Crippen LogP contribution in [0.2, 0.25) is 0 Å². The molecule has 0 aromatic carbocycles. The molecule has 0 N–H and O–H groups in total. The van der Waals surface area contributed by atoms with Gasteiger partial charge < -0.3 is 9.47 Å². The first-order valence-corrected chi connectivity index (χ1v) is 6.92. The van der Waals surface area contributed by atoms with Crippen molar-refractivity contribution in [2.45, 2.75) is 19.9 Å². The number of carbonyl (C=O) groups is 2. The summed E-state index contributed by atoms with van der Waals surface area (Å²) in [5.41, 5.74) is 0. The third-order valence-corrected chi connectivity index (χ3v) is 3.35. The van der Waals surface area contributed by atoms with Gasteiger partial charge in [-0.15, -0.1) is 0 Å². The highest BCUT2D eigenvalue weighted by molar-refractivity contribution is 5.91. The third-order valence-electron chi connectivity index (χ3n) is 3.35. The fourth-order valence-corrected chi connectivity index (χ4v) is 2.03. The van der Waals surface area contributed by atoms with Gasteiger partial charge in [0.15, 0.2) is 0 Å². The first-order chi connectivity index (χ1) is 9.52. The van der Waals surface area contributed by atoms with Gasteiger partial charge in [0.1, 0.15) is 6.61 Å². The molecule has 20 heavy (non-hydrogen) atoms. The summed E-state index contributed by atoms with van der Waals surface area (Å²) < 4.78 is 9.41. The van der Waals surface area contributed by atoms with E-state index < -0.39 is 11.9 Å². The summed E-state index contributed by atoms with van der Waals surface area (Å²) in [5.74, 6) is -1.08. The lowest BCUT2D eigenvalue weighted by molar-refractivity contribution is -0.139. The second-order valence-corrected chi connectivity index (χ2v) is 5.00. The number of rotatable bonds is 6. The monoisotopic (exact) mass is 284 g/mol. The Hall–Kier alpha value is -1.40. The zero-order valence-corrected chi connectivity index (χ0v) is 12.5. The maximum absolute atomic E-state index is 11.3. The van der Waals surface area contributed by atoms with E-state index in [4.69, 9.17) is 4.74 Å². The number of carbonyl (C=O) groups excluding carboxylic acids is 2. The smallest absolute Gasteiger partial charge is 0.331 e. The second-order valence-electron chi connectivity index (χ2n) is 5.00. The van der Waals surface area contributed by atoms with E-state index in [9.17, 15) is 9.59 Å². The van der Waals surface area contributed by atoms with Crippen molar-refractivity contribution < 1.29 is 19.1 Å². The summed E-state index contributed by atoms with van der Waals surface area (Å²) in [4.78, 5) is 26.8. The molecule has 0 atom stereocenters. The van der Waals surface area contributed by atoms with Crippen molar-refractivity contribution in [1.29, 1.82) is 0 Å². The van der Waals surface area contributed by atoms with Gasteiger partial charge in [0.2, 0.25) is 0 Å². The first-order valence-electron chi connectivity index (χ1n) is 6.92. The van der Waals surface area contributed by atoms with Gasteiger partial charge >= 0.3 is 11.9 Å². The van der Waals surface area contributed by atoms with Gasteiger partial charge in [0.05, 0.1) is 7.11 Å². The molecule has 6 heteroatoms. The van der Waals surface area contributed by atoms with Gasteiger partial charge in [-0.1, -0.05) is 0 Å². The molecular formula is C14H24N2O4. The van der Waals surface area contributed by atoms with Crippen molar-refractivity contribution in [1.82, 2.24) is 9.80 Å². The molecule has 1 saturated heterocycles. The number of hydrogen-bond donors (Lipinski definition) is 0.